The van der Waals surface area contributed by atoms with Gasteiger partial charge >= 0.3 is 12.1 Å². The van der Waals surface area contributed by atoms with E-state index in [4.69, 9.17) is 14.7 Å². The van der Waals surface area contributed by atoms with Crippen LogP contribution in [-0.4, -0.2) is 43.3 Å². The fourth-order valence-electron chi connectivity index (χ4n) is 3.55. The van der Waals surface area contributed by atoms with Gasteiger partial charge in [0, 0.05) is 12.1 Å². The number of nitriles is 1. The lowest BCUT2D eigenvalue weighted by molar-refractivity contribution is -0.151. The van der Waals surface area contributed by atoms with E-state index in [0.29, 0.717) is 30.4 Å². The first-order chi connectivity index (χ1) is 11.5. The van der Waals surface area contributed by atoms with Crippen molar-refractivity contribution in [1.82, 2.24) is 4.90 Å². The molecule has 1 aliphatic carbocycles. The van der Waals surface area contributed by atoms with Crippen LogP contribution in [0.15, 0.2) is 23.3 Å². The van der Waals surface area contributed by atoms with Crippen LogP contribution in [0, 0.1) is 23.2 Å². The molecule has 2 rings (SSSR count). The van der Waals surface area contributed by atoms with Crippen molar-refractivity contribution < 1.29 is 19.1 Å². The minimum atomic E-state index is -0.598. The highest BCUT2D eigenvalue weighted by Gasteiger charge is 2.43. The van der Waals surface area contributed by atoms with Crippen LogP contribution in [-0.2, 0) is 14.3 Å². The van der Waals surface area contributed by atoms with Crippen LogP contribution < -0.4 is 0 Å². The Morgan fingerprint density at radius 2 is 2.21 bits per heavy atom. The van der Waals surface area contributed by atoms with Gasteiger partial charge in [0.1, 0.15) is 6.04 Å². The summed E-state index contributed by atoms with van der Waals surface area (Å²) in [7, 11) is 1.32. The normalized spacial score (nSPS) is 26.8. The number of nitrogens with zero attached hydrogens (tertiary/aromatic N) is 2. The van der Waals surface area contributed by atoms with Gasteiger partial charge in [-0.15, -0.1) is 0 Å². The fraction of sp³-hybridized carbons (Fsp3) is 0.611. The summed E-state index contributed by atoms with van der Waals surface area (Å²) in [5, 5.41) is 8.93. The summed E-state index contributed by atoms with van der Waals surface area (Å²) >= 11 is 0. The molecule has 1 aliphatic heterocycles. The largest absolute Gasteiger partial charge is 0.464 e. The number of fused-ring (bicyclic) bond motifs is 1. The van der Waals surface area contributed by atoms with Crippen LogP contribution in [0.5, 0.6) is 0 Å². The van der Waals surface area contributed by atoms with Crippen LogP contribution in [0.25, 0.3) is 0 Å². The third kappa shape index (κ3) is 3.97. The number of likely N-dealkylation sites (tertiary alicyclic amines) is 1. The van der Waals surface area contributed by atoms with Gasteiger partial charge in [-0.25, -0.2) is 9.59 Å². The molecule has 1 amide bonds. The number of methoxy groups -OCH3 is 1. The summed E-state index contributed by atoms with van der Waals surface area (Å²) in [6, 6.07) is 1.54. The second-order valence-electron chi connectivity index (χ2n) is 6.30. The van der Waals surface area contributed by atoms with E-state index in [1.165, 1.54) is 12.0 Å². The van der Waals surface area contributed by atoms with Gasteiger partial charge in [0.25, 0.3) is 0 Å². The summed E-state index contributed by atoms with van der Waals surface area (Å²) in [6.07, 6.45) is 5.76. The average Bonchev–Trinajstić information content (AvgIpc) is 2.59. The van der Waals surface area contributed by atoms with E-state index in [2.05, 4.69) is 12.1 Å². The van der Waals surface area contributed by atoms with Crippen molar-refractivity contribution in [2.24, 2.45) is 11.8 Å². The highest BCUT2D eigenvalue weighted by atomic mass is 16.6. The van der Waals surface area contributed by atoms with Crippen molar-refractivity contribution in [1.29, 1.82) is 5.26 Å². The Kier molecular flexibility index (Phi) is 6.02. The minimum absolute atomic E-state index is 0.285. The predicted molar refractivity (Wildman–Crippen MR) is 87.8 cm³/mol. The Balaban J connectivity index is 2.18. The minimum Gasteiger partial charge on any atom is -0.464 e. The van der Waals surface area contributed by atoms with Gasteiger partial charge < -0.3 is 9.47 Å². The van der Waals surface area contributed by atoms with Crippen molar-refractivity contribution in [2.75, 3.05) is 20.3 Å². The number of esters is 1. The lowest BCUT2D eigenvalue weighted by Crippen LogP contribution is -2.54. The molecule has 0 aromatic heterocycles. The zero-order valence-electron chi connectivity index (χ0n) is 14.4. The highest BCUT2D eigenvalue weighted by molar-refractivity contribution is 5.81. The molecule has 0 saturated carbocycles. The molecular weight excluding hydrogens is 308 g/mol. The van der Waals surface area contributed by atoms with Crippen molar-refractivity contribution in [3.8, 4) is 6.07 Å². The summed E-state index contributed by atoms with van der Waals surface area (Å²) < 4.78 is 9.97. The number of rotatable bonds is 3. The van der Waals surface area contributed by atoms with E-state index in [1.54, 1.807) is 13.8 Å². The van der Waals surface area contributed by atoms with Crippen LogP contribution in [0.4, 0.5) is 4.79 Å². The molecule has 1 heterocycles. The molecule has 1 fully saturated rings. The number of carbonyl (C=O) groups excluding carboxylic acids is 2. The molecule has 0 bridgehead atoms. The molecule has 1 saturated heterocycles. The molecule has 24 heavy (non-hydrogen) atoms. The first kappa shape index (κ1) is 18.1. The summed E-state index contributed by atoms with van der Waals surface area (Å²) in [5.74, 6) is 0.221. The smallest absolute Gasteiger partial charge is 0.410 e. The van der Waals surface area contributed by atoms with Crippen LogP contribution in [0.2, 0.25) is 0 Å². The number of amides is 1. The summed E-state index contributed by atoms with van der Waals surface area (Å²) in [5.41, 5.74) is 1.80. The molecule has 0 radical (unpaired) electrons. The Morgan fingerprint density at radius 3 is 2.83 bits per heavy atom. The molecule has 0 aromatic rings. The zero-order valence-corrected chi connectivity index (χ0v) is 14.4. The quantitative estimate of drug-likeness (QED) is 0.586. The first-order valence-corrected chi connectivity index (χ1v) is 8.28. The standard InChI is InChI=1S/C18H24N2O4/c1-4-24-17(21)16-9-15-8-13(7-12(2)10-19)5-6-14(15)11-20(16)18(22)23-3/h5,7,14-16H,4,6,8-9,11H2,1-3H3/b12-7+/t14-,15+,16-/m0/s1. The van der Waals surface area contributed by atoms with Gasteiger partial charge in [-0.05, 0) is 51.0 Å². The maximum absolute atomic E-state index is 12.3. The van der Waals surface area contributed by atoms with E-state index in [0.717, 1.165) is 18.4 Å². The maximum atomic E-state index is 12.3. The van der Waals surface area contributed by atoms with E-state index < -0.39 is 12.1 Å². The number of hydrogen-bond donors (Lipinski definition) is 0. The molecule has 0 aromatic carbocycles. The topological polar surface area (TPSA) is 79.6 Å². The Morgan fingerprint density at radius 1 is 1.46 bits per heavy atom. The number of ether oxygens (including phenoxy) is 2. The van der Waals surface area contributed by atoms with E-state index in [9.17, 15) is 9.59 Å². The fourth-order valence-corrected chi connectivity index (χ4v) is 3.55. The second kappa shape index (κ2) is 8.00. The Labute approximate surface area is 142 Å². The predicted octanol–water partition coefficient (Wildman–Crippen LogP) is 2.81. The van der Waals surface area contributed by atoms with Gasteiger partial charge in [-0.2, -0.15) is 5.26 Å². The molecule has 0 unspecified atom stereocenters. The lowest BCUT2D eigenvalue weighted by atomic mass is 9.73. The molecular formula is C18H24N2O4. The molecule has 0 N–H and O–H groups in total. The van der Waals surface area contributed by atoms with Crippen LogP contribution in [0.1, 0.15) is 33.1 Å². The van der Waals surface area contributed by atoms with Gasteiger partial charge in [0.2, 0.25) is 0 Å². The third-order valence-corrected chi connectivity index (χ3v) is 4.73. The van der Waals surface area contributed by atoms with Gasteiger partial charge in [-0.1, -0.05) is 11.6 Å². The first-order valence-electron chi connectivity index (χ1n) is 8.28. The Hall–Kier alpha value is -2.29. The van der Waals surface area contributed by atoms with E-state index in [1.807, 2.05) is 6.08 Å². The molecule has 2 aliphatic rings. The maximum Gasteiger partial charge on any atom is 0.410 e. The summed E-state index contributed by atoms with van der Waals surface area (Å²) in [4.78, 5) is 25.8. The van der Waals surface area contributed by atoms with E-state index >= 15 is 0 Å². The average molecular weight is 332 g/mol. The summed E-state index contributed by atoms with van der Waals surface area (Å²) in [6.45, 7) is 4.32. The van der Waals surface area contributed by atoms with Gasteiger partial charge in [-0.3, -0.25) is 4.90 Å². The number of carbonyl (C=O) groups is 2. The zero-order chi connectivity index (χ0) is 17.7. The third-order valence-electron chi connectivity index (χ3n) is 4.73. The van der Waals surface area contributed by atoms with Gasteiger partial charge in [0.15, 0.2) is 0 Å². The molecule has 6 nitrogen and oxygen atoms in total. The monoisotopic (exact) mass is 332 g/mol. The van der Waals surface area contributed by atoms with Crippen molar-refractivity contribution >= 4 is 12.1 Å². The molecule has 6 heteroatoms. The lowest BCUT2D eigenvalue weighted by Gasteiger charge is -2.43. The van der Waals surface area contributed by atoms with Crippen LogP contribution in [0.3, 0.4) is 0 Å². The van der Waals surface area contributed by atoms with Crippen molar-refractivity contribution in [2.45, 2.75) is 39.2 Å². The van der Waals surface area contributed by atoms with Crippen molar-refractivity contribution in [3.63, 3.8) is 0 Å². The number of piperidine rings is 1. The van der Waals surface area contributed by atoms with Crippen LogP contribution >= 0.6 is 0 Å². The second-order valence-corrected chi connectivity index (χ2v) is 6.30. The number of allylic oxidation sites excluding steroid dienone is 4. The molecule has 130 valence electrons. The number of hydrogen-bond acceptors (Lipinski definition) is 5. The highest BCUT2D eigenvalue weighted by Crippen LogP contribution is 2.39. The molecule has 3 atom stereocenters. The van der Waals surface area contributed by atoms with E-state index in [-0.39, 0.29) is 12.6 Å². The SMILES string of the molecule is CCOC(=O)[C@@H]1C[C@H]2CC(/C=C(\C)C#N)=CC[C@H]2CN1C(=O)OC. The van der Waals surface area contributed by atoms with Gasteiger partial charge in [0.05, 0.1) is 19.8 Å². The molecule has 0 spiro atoms. The van der Waals surface area contributed by atoms with Crippen molar-refractivity contribution in [3.05, 3.63) is 23.3 Å². The Bertz CT molecular complexity index is 603.